The highest BCUT2D eigenvalue weighted by Crippen LogP contribution is 2.28. The number of fused-ring (bicyclic) bond motifs is 1. The van der Waals surface area contributed by atoms with Gasteiger partial charge in [-0.1, -0.05) is 12.1 Å². The van der Waals surface area contributed by atoms with E-state index in [0.29, 0.717) is 11.1 Å². The number of carboxylic acids is 1. The fraction of sp³-hybridized carbons (Fsp3) is 0.0588. The topological polar surface area (TPSA) is 116 Å². The van der Waals surface area contributed by atoms with Gasteiger partial charge in [0.05, 0.1) is 34.4 Å². The van der Waals surface area contributed by atoms with Crippen LogP contribution in [0.3, 0.4) is 0 Å². The Labute approximate surface area is 149 Å². The van der Waals surface area contributed by atoms with Gasteiger partial charge in [0.1, 0.15) is 0 Å². The molecular formula is C17H10BrN3O4. The third kappa shape index (κ3) is 2.97. The predicted molar refractivity (Wildman–Crippen MR) is 92.6 cm³/mol. The number of aromatic nitrogens is 2. The minimum absolute atomic E-state index is 0.175. The Morgan fingerprint density at radius 2 is 2.00 bits per heavy atom. The first kappa shape index (κ1) is 16.7. The number of rotatable bonds is 3. The van der Waals surface area contributed by atoms with Crippen molar-refractivity contribution >= 4 is 32.8 Å². The Bertz CT molecular complexity index is 1100. The average molecular weight is 400 g/mol. The summed E-state index contributed by atoms with van der Waals surface area (Å²) in [7, 11) is 0. The number of hydrogen-bond acceptors (Lipinski definition) is 5. The molecule has 0 radical (unpaired) electrons. The van der Waals surface area contributed by atoms with Crippen molar-refractivity contribution in [2.75, 3.05) is 0 Å². The lowest BCUT2D eigenvalue weighted by atomic mass is 10.1. The summed E-state index contributed by atoms with van der Waals surface area (Å²) >= 11 is 3.14. The van der Waals surface area contributed by atoms with E-state index in [1.807, 2.05) is 6.07 Å². The molecule has 3 aromatic rings. The van der Waals surface area contributed by atoms with Gasteiger partial charge in [-0.05, 0) is 39.7 Å². The molecule has 2 aromatic heterocycles. The van der Waals surface area contributed by atoms with Crippen molar-refractivity contribution in [3.8, 4) is 11.8 Å². The lowest BCUT2D eigenvalue weighted by Crippen LogP contribution is -2.22. The van der Waals surface area contributed by atoms with Gasteiger partial charge in [0, 0.05) is 5.39 Å². The summed E-state index contributed by atoms with van der Waals surface area (Å²) in [6.45, 7) is 0.175. The SMILES string of the molecule is N#Cc1ccc(Cn2c(=O)c(Br)cc3c(O)c(C(=O)O)ncc32)cc1. The van der Waals surface area contributed by atoms with Crippen LogP contribution in [0.15, 0.2) is 45.8 Å². The molecule has 0 aliphatic heterocycles. The van der Waals surface area contributed by atoms with Crippen molar-refractivity contribution in [3.63, 3.8) is 0 Å². The smallest absolute Gasteiger partial charge is 0.358 e. The van der Waals surface area contributed by atoms with E-state index in [2.05, 4.69) is 20.9 Å². The molecule has 0 unspecified atom stereocenters. The third-order valence-electron chi connectivity index (χ3n) is 3.71. The molecular weight excluding hydrogens is 390 g/mol. The van der Waals surface area contributed by atoms with E-state index < -0.39 is 17.4 Å². The van der Waals surface area contributed by atoms with Gasteiger partial charge in [0.25, 0.3) is 5.56 Å². The fourth-order valence-corrected chi connectivity index (χ4v) is 2.91. The van der Waals surface area contributed by atoms with E-state index in [4.69, 9.17) is 10.4 Å². The molecule has 0 amide bonds. The zero-order valence-corrected chi connectivity index (χ0v) is 14.2. The monoisotopic (exact) mass is 399 g/mol. The Balaban J connectivity index is 2.21. The first-order valence-electron chi connectivity index (χ1n) is 7.05. The minimum atomic E-state index is -1.36. The van der Waals surface area contributed by atoms with Crippen LogP contribution < -0.4 is 5.56 Å². The summed E-state index contributed by atoms with van der Waals surface area (Å²) in [4.78, 5) is 27.3. The maximum atomic E-state index is 12.5. The van der Waals surface area contributed by atoms with Gasteiger partial charge in [-0.25, -0.2) is 9.78 Å². The van der Waals surface area contributed by atoms with Crippen molar-refractivity contribution in [1.29, 1.82) is 5.26 Å². The van der Waals surface area contributed by atoms with Gasteiger partial charge in [-0.15, -0.1) is 0 Å². The highest BCUT2D eigenvalue weighted by molar-refractivity contribution is 9.10. The Kier molecular flexibility index (Phi) is 4.25. The Morgan fingerprint density at radius 1 is 1.32 bits per heavy atom. The van der Waals surface area contributed by atoms with Crippen LogP contribution in [-0.4, -0.2) is 25.7 Å². The zero-order valence-electron chi connectivity index (χ0n) is 12.6. The maximum absolute atomic E-state index is 12.5. The van der Waals surface area contributed by atoms with E-state index in [9.17, 15) is 14.7 Å². The van der Waals surface area contributed by atoms with E-state index in [0.717, 1.165) is 5.56 Å². The van der Waals surface area contributed by atoms with Gasteiger partial charge in [0.15, 0.2) is 11.4 Å². The zero-order chi connectivity index (χ0) is 18.1. The van der Waals surface area contributed by atoms with Gasteiger partial charge in [0.2, 0.25) is 0 Å². The van der Waals surface area contributed by atoms with Crippen LogP contribution in [0.5, 0.6) is 5.75 Å². The number of carboxylic acid groups (broad SMARTS) is 1. The molecule has 0 atom stereocenters. The number of hydrogen-bond donors (Lipinski definition) is 2. The molecule has 0 fully saturated rings. The molecule has 1 aromatic carbocycles. The quantitative estimate of drug-likeness (QED) is 0.698. The molecule has 124 valence electrons. The average Bonchev–Trinajstić information content (AvgIpc) is 2.60. The minimum Gasteiger partial charge on any atom is -0.505 e. The van der Waals surface area contributed by atoms with Crippen molar-refractivity contribution in [2.24, 2.45) is 0 Å². The van der Waals surface area contributed by atoms with Gasteiger partial charge >= 0.3 is 5.97 Å². The maximum Gasteiger partial charge on any atom is 0.358 e. The van der Waals surface area contributed by atoms with E-state index in [-0.39, 0.29) is 22.0 Å². The molecule has 0 spiro atoms. The fourth-order valence-electron chi connectivity index (χ4n) is 2.47. The summed E-state index contributed by atoms with van der Waals surface area (Å²) in [5.74, 6) is -1.86. The summed E-state index contributed by atoms with van der Waals surface area (Å²) in [5.41, 5.74) is 0.743. The van der Waals surface area contributed by atoms with Crippen molar-refractivity contribution in [1.82, 2.24) is 9.55 Å². The second-order valence-electron chi connectivity index (χ2n) is 5.25. The van der Waals surface area contributed by atoms with E-state index in [1.165, 1.54) is 16.8 Å². The molecule has 2 N–H and O–H groups in total. The Hall–Kier alpha value is -3.18. The summed E-state index contributed by atoms with van der Waals surface area (Å²) < 4.78 is 1.56. The van der Waals surface area contributed by atoms with Crippen molar-refractivity contribution in [3.05, 3.63) is 68.2 Å². The molecule has 2 heterocycles. The lowest BCUT2D eigenvalue weighted by Gasteiger charge is -2.13. The normalized spacial score (nSPS) is 10.6. The molecule has 0 saturated carbocycles. The van der Waals surface area contributed by atoms with Gasteiger partial charge in [-0.2, -0.15) is 5.26 Å². The highest BCUT2D eigenvalue weighted by Gasteiger charge is 2.18. The summed E-state index contributed by atoms with van der Waals surface area (Å²) in [5, 5.41) is 28.3. The third-order valence-corrected chi connectivity index (χ3v) is 4.28. The van der Waals surface area contributed by atoms with Crippen LogP contribution in [0.4, 0.5) is 0 Å². The van der Waals surface area contributed by atoms with Gasteiger partial charge in [-0.3, -0.25) is 4.79 Å². The van der Waals surface area contributed by atoms with Crippen molar-refractivity contribution in [2.45, 2.75) is 6.54 Å². The predicted octanol–water partition coefficient (Wildman–Crippen LogP) is 2.48. The largest absolute Gasteiger partial charge is 0.505 e. The number of nitrogens with zero attached hydrogens (tertiary/aromatic N) is 3. The van der Waals surface area contributed by atoms with Crippen molar-refractivity contribution < 1.29 is 15.0 Å². The van der Waals surface area contributed by atoms with Crippen LogP contribution in [0.25, 0.3) is 10.9 Å². The van der Waals surface area contributed by atoms with Crippen LogP contribution in [-0.2, 0) is 6.54 Å². The Morgan fingerprint density at radius 3 is 2.60 bits per heavy atom. The molecule has 25 heavy (non-hydrogen) atoms. The lowest BCUT2D eigenvalue weighted by molar-refractivity contribution is 0.0687. The molecule has 0 bridgehead atoms. The van der Waals surface area contributed by atoms with E-state index >= 15 is 0 Å². The molecule has 3 rings (SSSR count). The van der Waals surface area contributed by atoms with E-state index in [1.54, 1.807) is 24.3 Å². The number of aromatic hydroxyl groups is 1. The number of nitriles is 1. The highest BCUT2D eigenvalue weighted by atomic mass is 79.9. The number of benzene rings is 1. The van der Waals surface area contributed by atoms with Crippen LogP contribution >= 0.6 is 15.9 Å². The molecule has 0 aliphatic rings. The molecule has 0 aliphatic carbocycles. The first-order chi connectivity index (χ1) is 11.9. The number of aromatic carboxylic acids is 1. The number of pyridine rings is 2. The standard InChI is InChI=1S/C17H10BrN3O4/c18-12-5-11-13(7-20-14(15(11)22)17(24)25)21(16(12)23)8-10-3-1-9(6-19)2-4-10/h1-5,7,22H,8H2,(H,24,25). The molecule has 8 heteroatoms. The summed E-state index contributed by atoms with van der Waals surface area (Å²) in [6, 6.07) is 10.1. The number of carbonyl (C=O) groups is 1. The summed E-state index contributed by atoms with van der Waals surface area (Å²) in [6.07, 6.45) is 1.25. The molecule has 0 saturated heterocycles. The first-order valence-corrected chi connectivity index (χ1v) is 7.85. The van der Waals surface area contributed by atoms with Gasteiger partial charge < -0.3 is 14.8 Å². The van der Waals surface area contributed by atoms with Crippen LogP contribution in [0.1, 0.15) is 21.6 Å². The second-order valence-corrected chi connectivity index (χ2v) is 6.11. The second kappa shape index (κ2) is 6.37. The number of halogens is 1. The molecule has 7 nitrogen and oxygen atoms in total. The van der Waals surface area contributed by atoms with Crippen LogP contribution in [0.2, 0.25) is 0 Å². The van der Waals surface area contributed by atoms with Crippen LogP contribution in [0, 0.1) is 11.3 Å².